The zero-order valence-electron chi connectivity index (χ0n) is 11.7. The monoisotopic (exact) mass is 317 g/mol. The lowest BCUT2D eigenvalue weighted by Gasteiger charge is -2.05. The molecule has 6 nitrogen and oxygen atoms in total. The predicted octanol–water partition coefficient (Wildman–Crippen LogP) is 1.15. The van der Waals surface area contributed by atoms with Gasteiger partial charge < -0.3 is 9.47 Å². The maximum Gasteiger partial charge on any atom is 0.426 e. The summed E-state index contributed by atoms with van der Waals surface area (Å²) >= 11 is 0. The number of imidazole rings is 1. The molecular formula is C13H12F3N2O4+. The van der Waals surface area contributed by atoms with Crippen molar-refractivity contribution in [1.29, 1.82) is 0 Å². The topological polar surface area (TPSA) is 60.9 Å². The van der Waals surface area contributed by atoms with E-state index < -0.39 is 24.5 Å². The molecule has 0 saturated heterocycles. The molecule has 0 N–H and O–H groups in total. The number of ketones is 1. The molecular weight excluding hydrogens is 305 g/mol. The third-order valence-corrected chi connectivity index (χ3v) is 2.92. The Labute approximate surface area is 122 Å². The molecule has 0 fully saturated rings. The van der Waals surface area contributed by atoms with Crippen molar-refractivity contribution < 1.29 is 36.8 Å². The second kappa shape index (κ2) is 5.66. The fourth-order valence-electron chi connectivity index (χ4n) is 2.11. The molecule has 0 saturated carbocycles. The number of methoxy groups -OCH3 is 2. The van der Waals surface area contributed by atoms with Crippen molar-refractivity contribution in [2.24, 2.45) is 0 Å². The van der Waals surface area contributed by atoms with Crippen molar-refractivity contribution in [3.63, 3.8) is 0 Å². The number of rotatable bonds is 4. The second-order valence-corrected chi connectivity index (χ2v) is 4.31. The van der Waals surface area contributed by atoms with Gasteiger partial charge in [0.2, 0.25) is 0 Å². The fourth-order valence-corrected chi connectivity index (χ4v) is 2.11. The van der Waals surface area contributed by atoms with Crippen LogP contribution in [0.5, 0.6) is 5.88 Å². The quantitative estimate of drug-likeness (QED) is 0.367. The van der Waals surface area contributed by atoms with E-state index in [-0.39, 0.29) is 17.2 Å². The Morgan fingerprint density at radius 2 is 1.95 bits per heavy atom. The number of carbonyl (C=O) groups excluding carboxylic acids is 2. The Kier molecular flexibility index (Phi) is 4.07. The summed E-state index contributed by atoms with van der Waals surface area (Å²) < 4.78 is 49.5. The molecule has 118 valence electrons. The van der Waals surface area contributed by atoms with Crippen molar-refractivity contribution in [2.45, 2.75) is 12.7 Å². The van der Waals surface area contributed by atoms with Gasteiger partial charge in [-0.05, 0) is 6.07 Å². The van der Waals surface area contributed by atoms with Gasteiger partial charge in [0.25, 0.3) is 11.3 Å². The molecule has 0 aliphatic heterocycles. The van der Waals surface area contributed by atoms with Crippen molar-refractivity contribution in [1.82, 2.24) is 4.40 Å². The van der Waals surface area contributed by atoms with Gasteiger partial charge in [0, 0.05) is 6.07 Å². The number of pyridine rings is 1. The Balaban J connectivity index is 2.75. The highest BCUT2D eigenvalue weighted by molar-refractivity contribution is 6.40. The molecule has 0 radical (unpaired) electrons. The number of hydrogen-bond acceptors (Lipinski definition) is 4. The van der Waals surface area contributed by atoms with E-state index in [2.05, 4.69) is 4.74 Å². The number of carbonyl (C=O) groups is 2. The number of nitrogens with zero attached hydrogens (tertiary/aromatic N) is 2. The third kappa shape index (κ3) is 2.74. The summed E-state index contributed by atoms with van der Waals surface area (Å²) in [6, 6.07) is 4.40. The normalized spacial score (nSPS) is 11.5. The number of esters is 1. The van der Waals surface area contributed by atoms with Crippen LogP contribution >= 0.6 is 0 Å². The van der Waals surface area contributed by atoms with Crippen LogP contribution in [0.25, 0.3) is 5.65 Å². The lowest BCUT2D eigenvalue weighted by atomic mass is 10.3. The van der Waals surface area contributed by atoms with Crippen molar-refractivity contribution in [2.75, 3.05) is 14.2 Å². The van der Waals surface area contributed by atoms with Crippen molar-refractivity contribution in [3.05, 3.63) is 30.1 Å². The molecule has 0 amide bonds. The highest BCUT2D eigenvalue weighted by Crippen LogP contribution is 2.23. The van der Waals surface area contributed by atoms with Crippen LogP contribution in [0.1, 0.15) is 10.5 Å². The first kappa shape index (κ1) is 15.8. The van der Waals surface area contributed by atoms with Crippen molar-refractivity contribution in [3.8, 4) is 5.88 Å². The number of ether oxygens (including phenoxy) is 2. The minimum Gasteiger partial charge on any atom is -0.463 e. The van der Waals surface area contributed by atoms with Gasteiger partial charge in [0.15, 0.2) is 6.54 Å². The van der Waals surface area contributed by atoms with Gasteiger partial charge in [-0.3, -0.25) is 4.79 Å². The SMILES string of the molecule is COC(=O)C(=O)c1c(OC)[n+](CC(F)(F)F)c2ccccn12. The van der Waals surface area contributed by atoms with Gasteiger partial charge in [-0.25, -0.2) is 4.79 Å². The summed E-state index contributed by atoms with van der Waals surface area (Å²) in [5.41, 5.74) is -0.266. The average molecular weight is 317 g/mol. The van der Waals surface area contributed by atoms with Crippen LogP contribution in [0, 0.1) is 0 Å². The van der Waals surface area contributed by atoms with E-state index in [1.807, 2.05) is 0 Å². The number of aromatic nitrogens is 2. The van der Waals surface area contributed by atoms with Gasteiger partial charge in [-0.15, -0.1) is 0 Å². The van der Waals surface area contributed by atoms with Crippen LogP contribution in [0.2, 0.25) is 0 Å². The first-order valence-corrected chi connectivity index (χ1v) is 6.06. The van der Waals surface area contributed by atoms with E-state index in [1.54, 1.807) is 0 Å². The summed E-state index contributed by atoms with van der Waals surface area (Å²) in [5.74, 6) is -2.65. The van der Waals surface area contributed by atoms with Crippen molar-refractivity contribution >= 4 is 17.4 Å². The van der Waals surface area contributed by atoms with Gasteiger partial charge in [0.05, 0.1) is 20.4 Å². The third-order valence-electron chi connectivity index (χ3n) is 2.92. The molecule has 2 rings (SSSR count). The molecule has 22 heavy (non-hydrogen) atoms. The van der Waals surface area contributed by atoms with Crippen LogP contribution in [0.3, 0.4) is 0 Å². The molecule has 0 bridgehead atoms. The zero-order chi connectivity index (χ0) is 16.5. The summed E-state index contributed by atoms with van der Waals surface area (Å²) in [6.45, 7) is -1.36. The highest BCUT2D eigenvalue weighted by atomic mass is 19.4. The van der Waals surface area contributed by atoms with E-state index >= 15 is 0 Å². The molecule has 0 aliphatic rings. The summed E-state index contributed by atoms with van der Waals surface area (Å²) in [5, 5.41) is 0. The van der Waals surface area contributed by atoms with Gasteiger partial charge >= 0.3 is 23.8 Å². The molecule has 0 aliphatic carbocycles. The smallest absolute Gasteiger partial charge is 0.426 e. The first-order valence-electron chi connectivity index (χ1n) is 6.06. The fraction of sp³-hybridized carbons (Fsp3) is 0.308. The summed E-state index contributed by atoms with van der Waals surface area (Å²) in [4.78, 5) is 23.5. The average Bonchev–Trinajstić information content (AvgIpc) is 2.77. The molecule has 9 heteroatoms. The van der Waals surface area contributed by atoms with Gasteiger partial charge in [-0.1, -0.05) is 6.07 Å². The Morgan fingerprint density at radius 1 is 1.27 bits per heavy atom. The molecule has 0 aromatic carbocycles. The molecule has 2 heterocycles. The molecule has 0 spiro atoms. The Hall–Kier alpha value is -2.58. The van der Waals surface area contributed by atoms with Gasteiger partial charge in [-0.2, -0.15) is 22.1 Å². The molecule has 0 unspecified atom stereocenters. The number of halogens is 3. The van der Waals surface area contributed by atoms with Crippen LogP contribution in [-0.2, 0) is 16.1 Å². The van der Waals surface area contributed by atoms with E-state index in [9.17, 15) is 22.8 Å². The summed E-state index contributed by atoms with van der Waals surface area (Å²) in [7, 11) is 2.13. The van der Waals surface area contributed by atoms with Gasteiger partial charge in [0.1, 0.15) is 0 Å². The standard InChI is InChI=1S/C13H12F3N2O4/c1-21-11-9(10(19)12(20)22-2)17-6-4-3-5-8(17)18(11)7-13(14,15)16/h3-6H,7H2,1-2H3/q+1. The van der Waals surface area contributed by atoms with Crippen LogP contribution in [0.15, 0.2) is 24.4 Å². The van der Waals surface area contributed by atoms with Crippen LogP contribution in [-0.4, -0.2) is 36.5 Å². The predicted molar refractivity (Wildman–Crippen MR) is 66.5 cm³/mol. The van der Waals surface area contributed by atoms with E-state index in [0.29, 0.717) is 0 Å². The molecule has 0 atom stereocenters. The van der Waals surface area contributed by atoms with E-state index in [1.165, 1.54) is 24.4 Å². The number of alkyl halides is 3. The maximum atomic E-state index is 12.8. The zero-order valence-corrected chi connectivity index (χ0v) is 11.7. The maximum absolute atomic E-state index is 12.8. The number of Topliss-reactive ketones (excluding diaryl/α,β-unsaturated/α-hetero) is 1. The minimum atomic E-state index is -4.53. The highest BCUT2D eigenvalue weighted by Gasteiger charge is 2.40. The number of hydrogen-bond donors (Lipinski definition) is 0. The van der Waals surface area contributed by atoms with E-state index in [4.69, 9.17) is 4.74 Å². The second-order valence-electron chi connectivity index (χ2n) is 4.31. The Morgan fingerprint density at radius 3 is 2.50 bits per heavy atom. The van der Waals surface area contributed by atoms with Crippen LogP contribution < -0.4 is 9.30 Å². The minimum absolute atomic E-state index is 0.0592. The summed E-state index contributed by atoms with van der Waals surface area (Å²) in [6.07, 6.45) is -3.16. The lowest BCUT2D eigenvalue weighted by molar-refractivity contribution is -0.699. The van der Waals surface area contributed by atoms with Crippen LogP contribution in [0.4, 0.5) is 13.2 Å². The van der Waals surface area contributed by atoms with E-state index in [0.717, 1.165) is 23.2 Å². The molecule has 2 aromatic rings. The Bertz CT molecular complexity index is 737. The lowest BCUT2D eigenvalue weighted by Crippen LogP contribution is -2.42. The number of fused-ring (bicyclic) bond motifs is 1. The molecule has 2 aromatic heterocycles. The largest absolute Gasteiger partial charge is 0.463 e. The first-order chi connectivity index (χ1) is 10.3.